The number of rotatable bonds is 3. The topological polar surface area (TPSA) is 35.0 Å². The van der Waals surface area contributed by atoms with Crippen LogP contribution in [0.15, 0.2) is 30.3 Å². The van der Waals surface area contributed by atoms with Crippen LogP contribution in [-0.2, 0) is 0 Å². The summed E-state index contributed by atoms with van der Waals surface area (Å²) in [4.78, 5) is 9.19. The van der Waals surface area contributed by atoms with Crippen molar-refractivity contribution >= 4 is 11.6 Å². The Bertz CT molecular complexity index is 607. The fourth-order valence-electron chi connectivity index (χ4n) is 2.89. The van der Waals surface area contributed by atoms with E-state index in [0.717, 1.165) is 22.8 Å². The molecule has 1 aromatic carbocycles. The van der Waals surface area contributed by atoms with Crippen LogP contribution in [0.25, 0.3) is 11.3 Å². The van der Waals surface area contributed by atoms with Gasteiger partial charge in [-0.05, 0) is 37.1 Å². The van der Waals surface area contributed by atoms with Gasteiger partial charge in [0.05, 0.1) is 12.8 Å². The molecule has 0 saturated heterocycles. The van der Waals surface area contributed by atoms with Gasteiger partial charge >= 0.3 is 0 Å². The number of hydrogen-bond donors (Lipinski definition) is 0. The molecule has 0 atom stereocenters. The molecule has 0 bridgehead atoms. The first-order chi connectivity index (χ1) is 10.3. The lowest BCUT2D eigenvalue weighted by atomic mass is 9.88. The molecule has 3 rings (SSSR count). The first kappa shape index (κ1) is 14.3. The molecule has 110 valence electrons. The van der Waals surface area contributed by atoms with Gasteiger partial charge in [0.2, 0.25) is 0 Å². The molecular weight excluding hydrogens is 284 g/mol. The Kier molecular flexibility index (Phi) is 4.39. The van der Waals surface area contributed by atoms with Crippen molar-refractivity contribution in [2.24, 2.45) is 0 Å². The average Bonchev–Trinajstić information content (AvgIpc) is 2.55. The molecule has 1 aliphatic rings. The Morgan fingerprint density at radius 3 is 2.43 bits per heavy atom. The summed E-state index contributed by atoms with van der Waals surface area (Å²) in [6, 6.07) is 9.71. The fraction of sp³-hybridized carbons (Fsp3) is 0.412. The predicted octanol–water partition coefficient (Wildman–Crippen LogP) is 4.85. The van der Waals surface area contributed by atoms with Crippen LogP contribution in [0.2, 0.25) is 5.15 Å². The molecule has 3 nitrogen and oxygen atoms in total. The van der Waals surface area contributed by atoms with Crippen molar-refractivity contribution in [2.75, 3.05) is 7.11 Å². The molecule has 21 heavy (non-hydrogen) atoms. The highest BCUT2D eigenvalue weighted by atomic mass is 35.5. The zero-order valence-corrected chi connectivity index (χ0v) is 12.9. The van der Waals surface area contributed by atoms with E-state index >= 15 is 0 Å². The summed E-state index contributed by atoms with van der Waals surface area (Å²) in [7, 11) is 1.66. The Hall–Kier alpha value is -1.61. The highest BCUT2D eigenvalue weighted by Crippen LogP contribution is 2.32. The summed E-state index contributed by atoms with van der Waals surface area (Å²) >= 11 is 6.20. The summed E-state index contributed by atoms with van der Waals surface area (Å²) in [6.07, 6.45) is 6.18. The van der Waals surface area contributed by atoms with Crippen molar-refractivity contribution in [3.8, 4) is 17.0 Å². The first-order valence-electron chi connectivity index (χ1n) is 7.45. The Morgan fingerprint density at radius 2 is 1.76 bits per heavy atom. The van der Waals surface area contributed by atoms with E-state index in [0.29, 0.717) is 11.1 Å². The van der Waals surface area contributed by atoms with E-state index in [1.807, 2.05) is 30.3 Å². The highest BCUT2D eigenvalue weighted by molar-refractivity contribution is 6.29. The SMILES string of the molecule is COc1ccc(-c2cc(Cl)nc(C3CCCCC3)n2)cc1. The smallest absolute Gasteiger partial charge is 0.133 e. The Balaban J connectivity index is 1.92. The summed E-state index contributed by atoms with van der Waals surface area (Å²) in [5.41, 5.74) is 1.93. The van der Waals surface area contributed by atoms with Gasteiger partial charge < -0.3 is 4.74 Å². The molecule has 0 radical (unpaired) electrons. The molecule has 2 aromatic rings. The molecular formula is C17H19ClN2O. The standard InChI is InChI=1S/C17H19ClN2O/c1-21-14-9-7-12(8-10-14)15-11-16(18)20-17(19-15)13-5-3-2-4-6-13/h7-11,13H,2-6H2,1H3. The molecule has 0 unspecified atom stereocenters. The highest BCUT2D eigenvalue weighted by Gasteiger charge is 2.19. The third-order valence-corrected chi connectivity index (χ3v) is 4.26. The van der Waals surface area contributed by atoms with Gasteiger partial charge in [0, 0.05) is 17.5 Å². The van der Waals surface area contributed by atoms with Crippen molar-refractivity contribution < 1.29 is 4.74 Å². The van der Waals surface area contributed by atoms with Crippen LogP contribution in [0.4, 0.5) is 0 Å². The van der Waals surface area contributed by atoms with E-state index in [4.69, 9.17) is 21.3 Å². The number of ether oxygens (including phenoxy) is 1. The summed E-state index contributed by atoms with van der Waals surface area (Å²) in [6.45, 7) is 0. The van der Waals surface area contributed by atoms with Crippen molar-refractivity contribution in [3.05, 3.63) is 41.3 Å². The van der Waals surface area contributed by atoms with E-state index in [1.54, 1.807) is 7.11 Å². The van der Waals surface area contributed by atoms with Gasteiger partial charge in [0.25, 0.3) is 0 Å². The van der Waals surface area contributed by atoms with E-state index in [9.17, 15) is 0 Å². The largest absolute Gasteiger partial charge is 0.497 e. The minimum atomic E-state index is 0.453. The van der Waals surface area contributed by atoms with Crippen LogP contribution in [0, 0.1) is 0 Å². The molecule has 0 aliphatic heterocycles. The third-order valence-electron chi connectivity index (χ3n) is 4.07. The summed E-state index contributed by atoms with van der Waals surface area (Å²) in [5, 5.41) is 0.524. The zero-order chi connectivity index (χ0) is 14.7. The number of aromatic nitrogens is 2. The second-order valence-corrected chi connectivity index (χ2v) is 5.88. The Labute approximate surface area is 130 Å². The van der Waals surface area contributed by atoms with E-state index in [-0.39, 0.29) is 0 Å². The minimum Gasteiger partial charge on any atom is -0.497 e. The molecule has 1 aromatic heterocycles. The number of benzene rings is 1. The van der Waals surface area contributed by atoms with Crippen molar-refractivity contribution in [1.29, 1.82) is 0 Å². The number of nitrogens with zero attached hydrogens (tertiary/aromatic N) is 2. The molecule has 1 saturated carbocycles. The maximum atomic E-state index is 6.20. The molecule has 4 heteroatoms. The number of methoxy groups -OCH3 is 1. The van der Waals surface area contributed by atoms with E-state index < -0.39 is 0 Å². The van der Waals surface area contributed by atoms with Crippen LogP contribution in [0.1, 0.15) is 43.8 Å². The van der Waals surface area contributed by atoms with E-state index in [2.05, 4.69) is 4.98 Å². The number of halogens is 1. The minimum absolute atomic E-state index is 0.453. The van der Waals surface area contributed by atoms with Crippen molar-refractivity contribution in [2.45, 2.75) is 38.0 Å². The van der Waals surface area contributed by atoms with Crippen LogP contribution < -0.4 is 4.74 Å². The quantitative estimate of drug-likeness (QED) is 0.760. The Morgan fingerprint density at radius 1 is 1.05 bits per heavy atom. The average molecular weight is 303 g/mol. The maximum absolute atomic E-state index is 6.20. The van der Waals surface area contributed by atoms with Crippen LogP contribution in [-0.4, -0.2) is 17.1 Å². The maximum Gasteiger partial charge on any atom is 0.133 e. The van der Waals surface area contributed by atoms with E-state index in [1.165, 1.54) is 32.1 Å². The molecule has 1 heterocycles. The fourth-order valence-corrected chi connectivity index (χ4v) is 3.08. The zero-order valence-electron chi connectivity index (χ0n) is 12.2. The lowest BCUT2D eigenvalue weighted by Gasteiger charge is -2.20. The van der Waals surface area contributed by atoms with Gasteiger partial charge in [-0.1, -0.05) is 30.9 Å². The molecule has 0 amide bonds. The third kappa shape index (κ3) is 3.35. The normalized spacial score (nSPS) is 15.9. The number of hydrogen-bond acceptors (Lipinski definition) is 3. The lowest BCUT2D eigenvalue weighted by molar-refractivity contribution is 0.415. The van der Waals surface area contributed by atoms with Gasteiger partial charge in [0.1, 0.15) is 16.7 Å². The summed E-state index contributed by atoms with van der Waals surface area (Å²) in [5.74, 6) is 2.19. The monoisotopic (exact) mass is 302 g/mol. The molecule has 1 aliphatic carbocycles. The second-order valence-electron chi connectivity index (χ2n) is 5.50. The van der Waals surface area contributed by atoms with Gasteiger partial charge in [-0.15, -0.1) is 0 Å². The first-order valence-corrected chi connectivity index (χ1v) is 7.83. The second kappa shape index (κ2) is 6.44. The van der Waals surface area contributed by atoms with Gasteiger partial charge in [-0.25, -0.2) is 9.97 Å². The van der Waals surface area contributed by atoms with Crippen molar-refractivity contribution in [3.63, 3.8) is 0 Å². The van der Waals surface area contributed by atoms with Gasteiger partial charge in [-0.2, -0.15) is 0 Å². The summed E-state index contributed by atoms with van der Waals surface area (Å²) < 4.78 is 5.19. The molecule has 0 N–H and O–H groups in total. The predicted molar refractivity (Wildman–Crippen MR) is 84.9 cm³/mol. The van der Waals surface area contributed by atoms with Crippen LogP contribution >= 0.6 is 11.6 Å². The molecule has 1 fully saturated rings. The van der Waals surface area contributed by atoms with Gasteiger partial charge in [-0.3, -0.25) is 0 Å². The lowest BCUT2D eigenvalue weighted by Crippen LogP contribution is -2.09. The van der Waals surface area contributed by atoms with Gasteiger partial charge in [0.15, 0.2) is 0 Å². The van der Waals surface area contributed by atoms with Crippen LogP contribution in [0.5, 0.6) is 5.75 Å². The van der Waals surface area contributed by atoms with Crippen molar-refractivity contribution in [1.82, 2.24) is 9.97 Å². The van der Waals surface area contributed by atoms with Crippen LogP contribution in [0.3, 0.4) is 0 Å². The molecule has 0 spiro atoms.